The van der Waals surface area contributed by atoms with Crippen molar-refractivity contribution < 1.29 is 9.84 Å². The summed E-state index contributed by atoms with van der Waals surface area (Å²) >= 11 is 0. The molecule has 0 bridgehead atoms. The first-order valence-electron chi connectivity index (χ1n) is 6.65. The maximum Gasteiger partial charge on any atom is 0.162 e. The molecule has 1 aromatic rings. The molecule has 0 spiro atoms. The Morgan fingerprint density at radius 3 is 2.67 bits per heavy atom. The molecule has 1 fully saturated rings. The van der Waals surface area contributed by atoms with Crippen LogP contribution in [0.4, 0.5) is 0 Å². The second kappa shape index (κ2) is 5.71. The van der Waals surface area contributed by atoms with E-state index in [1.807, 2.05) is 4.68 Å². The van der Waals surface area contributed by atoms with Crippen molar-refractivity contribution in [2.24, 2.45) is 5.92 Å². The molecule has 1 unspecified atom stereocenters. The van der Waals surface area contributed by atoms with Crippen molar-refractivity contribution in [3.05, 3.63) is 11.9 Å². The van der Waals surface area contributed by atoms with Crippen molar-refractivity contribution in [2.75, 3.05) is 20.2 Å². The van der Waals surface area contributed by atoms with Gasteiger partial charge in [-0.15, -0.1) is 0 Å². The third-order valence-electron chi connectivity index (χ3n) is 3.62. The van der Waals surface area contributed by atoms with Crippen LogP contribution in [0, 0.1) is 5.92 Å². The van der Waals surface area contributed by atoms with Crippen LogP contribution >= 0.6 is 0 Å². The van der Waals surface area contributed by atoms with E-state index in [0.717, 1.165) is 31.6 Å². The first-order chi connectivity index (χ1) is 8.65. The molecule has 1 atom stereocenters. The van der Waals surface area contributed by atoms with Gasteiger partial charge in [0.2, 0.25) is 0 Å². The number of aromatic nitrogens is 2. The summed E-state index contributed by atoms with van der Waals surface area (Å²) in [6.07, 6.45) is 3.19. The van der Waals surface area contributed by atoms with Crippen LogP contribution in [0.2, 0.25) is 0 Å². The van der Waals surface area contributed by atoms with Gasteiger partial charge in [0.1, 0.15) is 11.8 Å². The fourth-order valence-electron chi connectivity index (χ4n) is 2.59. The van der Waals surface area contributed by atoms with Crippen LogP contribution < -0.4 is 10.1 Å². The van der Waals surface area contributed by atoms with Gasteiger partial charge in [-0.2, -0.15) is 5.10 Å². The lowest BCUT2D eigenvalue weighted by Crippen LogP contribution is -2.31. The zero-order chi connectivity index (χ0) is 13.1. The highest BCUT2D eigenvalue weighted by molar-refractivity contribution is 5.28. The number of hydrogen-bond acceptors (Lipinski definition) is 4. The predicted molar refractivity (Wildman–Crippen MR) is 69.7 cm³/mol. The van der Waals surface area contributed by atoms with Gasteiger partial charge in [0.25, 0.3) is 0 Å². The van der Waals surface area contributed by atoms with Crippen LogP contribution in [0.5, 0.6) is 5.75 Å². The van der Waals surface area contributed by atoms with E-state index in [1.54, 1.807) is 13.3 Å². The molecule has 5 nitrogen and oxygen atoms in total. The summed E-state index contributed by atoms with van der Waals surface area (Å²) < 4.78 is 7.20. The zero-order valence-electron chi connectivity index (χ0n) is 11.4. The van der Waals surface area contributed by atoms with Crippen molar-refractivity contribution in [2.45, 2.75) is 38.8 Å². The maximum absolute atomic E-state index is 10.6. The van der Waals surface area contributed by atoms with Gasteiger partial charge < -0.3 is 15.2 Å². The van der Waals surface area contributed by atoms with Crippen molar-refractivity contribution >= 4 is 0 Å². The van der Waals surface area contributed by atoms with Gasteiger partial charge in [-0.3, -0.25) is 4.68 Å². The number of aliphatic hydroxyl groups is 1. The van der Waals surface area contributed by atoms with Crippen molar-refractivity contribution in [3.8, 4) is 5.75 Å². The Balaban J connectivity index is 2.26. The largest absolute Gasteiger partial charge is 0.493 e. The molecular weight excluding hydrogens is 230 g/mol. The van der Waals surface area contributed by atoms with Crippen LogP contribution in [-0.2, 0) is 0 Å². The van der Waals surface area contributed by atoms with Gasteiger partial charge in [0.15, 0.2) is 5.75 Å². The van der Waals surface area contributed by atoms with E-state index in [4.69, 9.17) is 4.74 Å². The second-order valence-corrected chi connectivity index (χ2v) is 5.17. The fraction of sp³-hybridized carbons (Fsp3) is 0.769. The Hall–Kier alpha value is -1.07. The molecule has 0 radical (unpaired) electrons. The molecular formula is C13H23N3O2. The molecule has 18 heavy (non-hydrogen) atoms. The van der Waals surface area contributed by atoms with Crippen LogP contribution in [0.1, 0.15) is 44.5 Å². The Bertz CT molecular complexity index is 384. The summed E-state index contributed by atoms with van der Waals surface area (Å²) in [5.41, 5.74) is 0.819. The first-order valence-corrected chi connectivity index (χ1v) is 6.65. The van der Waals surface area contributed by atoms with Crippen LogP contribution in [0.25, 0.3) is 0 Å². The molecule has 2 heterocycles. The van der Waals surface area contributed by atoms with E-state index in [2.05, 4.69) is 24.3 Å². The zero-order valence-corrected chi connectivity index (χ0v) is 11.4. The molecule has 102 valence electrons. The van der Waals surface area contributed by atoms with Gasteiger partial charge in [0, 0.05) is 6.04 Å². The number of piperidine rings is 1. The number of nitrogens with zero attached hydrogens (tertiary/aromatic N) is 2. The summed E-state index contributed by atoms with van der Waals surface area (Å²) in [6, 6.07) is 0.222. The second-order valence-electron chi connectivity index (χ2n) is 5.17. The fourth-order valence-corrected chi connectivity index (χ4v) is 2.59. The minimum absolute atomic E-state index is 0.222. The summed E-state index contributed by atoms with van der Waals surface area (Å²) in [5, 5.41) is 18.2. The Morgan fingerprint density at radius 1 is 1.44 bits per heavy atom. The minimum Gasteiger partial charge on any atom is -0.493 e. The molecule has 1 aromatic heterocycles. The van der Waals surface area contributed by atoms with Crippen molar-refractivity contribution in [1.29, 1.82) is 0 Å². The number of ether oxygens (including phenoxy) is 1. The first kappa shape index (κ1) is 13.4. The monoisotopic (exact) mass is 253 g/mol. The quantitative estimate of drug-likeness (QED) is 0.854. The lowest BCUT2D eigenvalue weighted by atomic mass is 9.90. The van der Waals surface area contributed by atoms with Gasteiger partial charge >= 0.3 is 0 Å². The SMILES string of the molecule is COc1cnn(C(C)C)c1C(O)C1CCNCC1. The topological polar surface area (TPSA) is 59.3 Å². The lowest BCUT2D eigenvalue weighted by Gasteiger charge is -2.28. The average molecular weight is 253 g/mol. The predicted octanol–water partition coefficient (Wildman–Crippen LogP) is 1.51. The standard InChI is InChI=1S/C13H23N3O2/c1-9(2)16-12(11(18-3)8-15-16)13(17)10-4-6-14-7-5-10/h8-10,13-14,17H,4-7H2,1-3H3. The number of methoxy groups -OCH3 is 1. The number of aliphatic hydroxyl groups excluding tert-OH is 1. The molecule has 1 saturated heterocycles. The van der Waals surface area contributed by atoms with E-state index >= 15 is 0 Å². The van der Waals surface area contributed by atoms with Crippen LogP contribution in [0.3, 0.4) is 0 Å². The van der Waals surface area contributed by atoms with Crippen molar-refractivity contribution in [1.82, 2.24) is 15.1 Å². The molecule has 2 rings (SSSR count). The van der Waals surface area contributed by atoms with Gasteiger partial charge in [-0.25, -0.2) is 0 Å². The molecule has 0 aliphatic carbocycles. The Kier molecular flexibility index (Phi) is 4.24. The van der Waals surface area contributed by atoms with Gasteiger partial charge in [0.05, 0.1) is 13.3 Å². The number of hydrogen-bond donors (Lipinski definition) is 2. The normalized spacial score (nSPS) is 19.2. The number of rotatable bonds is 4. The highest BCUT2D eigenvalue weighted by Gasteiger charge is 2.29. The smallest absolute Gasteiger partial charge is 0.162 e. The summed E-state index contributed by atoms with van der Waals surface area (Å²) in [6.45, 7) is 6.07. The van der Waals surface area contributed by atoms with E-state index in [1.165, 1.54) is 0 Å². The number of nitrogens with one attached hydrogen (secondary N) is 1. The highest BCUT2D eigenvalue weighted by atomic mass is 16.5. The summed E-state index contributed by atoms with van der Waals surface area (Å²) in [5.74, 6) is 0.976. The maximum atomic E-state index is 10.6. The summed E-state index contributed by atoms with van der Waals surface area (Å²) in [7, 11) is 1.63. The van der Waals surface area contributed by atoms with Gasteiger partial charge in [-0.1, -0.05) is 0 Å². The Labute approximate surface area is 108 Å². The van der Waals surface area contributed by atoms with E-state index in [-0.39, 0.29) is 12.0 Å². The molecule has 0 aromatic carbocycles. The highest BCUT2D eigenvalue weighted by Crippen LogP contribution is 2.35. The molecule has 0 saturated carbocycles. The molecule has 1 aliphatic rings. The summed E-state index contributed by atoms with van der Waals surface area (Å²) in [4.78, 5) is 0. The third kappa shape index (κ3) is 2.52. The molecule has 0 amide bonds. The minimum atomic E-state index is -0.494. The average Bonchev–Trinajstić information content (AvgIpc) is 2.82. The van der Waals surface area contributed by atoms with Crippen LogP contribution in [-0.4, -0.2) is 35.1 Å². The van der Waals surface area contributed by atoms with Crippen LogP contribution in [0.15, 0.2) is 6.20 Å². The van der Waals surface area contributed by atoms with E-state index < -0.39 is 6.10 Å². The molecule has 1 aliphatic heterocycles. The molecule has 2 N–H and O–H groups in total. The Morgan fingerprint density at radius 2 is 2.11 bits per heavy atom. The van der Waals surface area contributed by atoms with E-state index in [0.29, 0.717) is 5.75 Å². The van der Waals surface area contributed by atoms with Gasteiger partial charge in [-0.05, 0) is 45.7 Å². The lowest BCUT2D eigenvalue weighted by molar-refractivity contribution is 0.0770. The van der Waals surface area contributed by atoms with Crippen molar-refractivity contribution in [3.63, 3.8) is 0 Å². The van der Waals surface area contributed by atoms with E-state index in [9.17, 15) is 5.11 Å². The molecule has 5 heteroatoms. The third-order valence-corrected chi connectivity index (χ3v) is 3.62.